The van der Waals surface area contributed by atoms with Gasteiger partial charge < -0.3 is 15.1 Å². The zero-order valence-corrected chi connectivity index (χ0v) is 12.2. The number of rotatable bonds is 5. The average Bonchev–Trinajstić information content (AvgIpc) is 2.88. The Morgan fingerprint density at radius 1 is 1.42 bits per heavy atom. The number of hydrogen-bond donors (Lipinski definition) is 1. The summed E-state index contributed by atoms with van der Waals surface area (Å²) >= 11 is 11.2. The highest BCUT2D eigenvalue weighted by Gasteiger charge is 2.13. The van der Waals surface area contributed by atoms with Crippen molar-refractivity contribution in [3.63, 3.8) is 0 Å². The molecule has 0 bridgehead atoms. The fourth-order valence-electron chi connectivity index (χ4n) is 1.93. The van der Waals surface area contributed by atoms with E-state index in [2.05, 4.69) is 11.8 Å². The molecule has 0 aliphatic carbocycles. The van der Waals surface area contributed by atoms with E-state index in [9.17, 15) is 0 Å². The molecule has 5 heteroatoms. The quantitative estimate of drug-likeness (QED) is 0.856. The summed E-state index contributed by atoms with van der Waals surface area (Å²) < 4.78 is 5.38. The van der Waals surface area contributed by atoms with Gasteiger partial charge in [0.25, 0.3) is 0 Å². The fourth-order valence-corrected chi connectivity index (χ4v) is 2.27. The summed E-state index contributed by atoms with van der Waals surface area (Å²) in [6.45, 7) is 3.52. The molecule has 0 unspecified atom stereocenters. The first-order valence-corrected chi connectivity index (χ1v) is 6.77. The number of furan rings is 1. The van der Waals surface area contributed by atoms with Gasteiger partial charge in [-0.25, -0.2) is 0 Å². The van der Waals surface area contributed by atoms with Crippen LogP contribution in [-0.4, -0.2) is 11.5 Å². The lowest BCUT2D eigenvalue weighted by Gasteiger charge is -2.24. The van der Waals surface area contributed by atoms with Crippen LogP contribution in [0.15, 0.2) is 41.0 Å². The fraction of sp³-hybridized carbons (Fsp3) is 0.214. The number of nitrogens with two attached hydrogens (primary N) is 1. The van der Waals surface area contributed by atoms with Gasteiger partial charge in [-0.1, -0.05) is 23.8 Å². The van der Waals surface area contributed by atoms with Gasteiger partial charge in [0, 0.05) is 22.8 Å². The third-order valence-electron chi connectivity index (χ3n) is 2.87. The van der Waals surface area contributed by atoms with Gasteiger partial charge in [0.15, 0.2) is 0 Å². The van der Waals surface area contributed by atoms with Crippen molar-refractivity contribution >= 4 is 34.5 Å². The predicted molar refractivity (Wildman–Crippen MR) is 82.8 cm³/mol. The zero-order valence-electron chi connectivity index (χ0n) is 10.6. The Labute approximate surface area is 123 Å². The lowest BCUT2D eigenvalue weighted by Crippen LogP contribution is -2.25. The van der Waals surface area contributed by atoms with E-state index in [0.29, 0.717) is 16.6 Å². The van der Waals surface area contributed by atoms with Gasteiger partial charge in [-0.3, -0.25) is 0 Å². The van der Waals surface area contributed by atoms with Crippen LogP contribution in [0.4, 0.5) is 5.69 Å². The van der Waals surface area contributed by atoms with Gasteiger partial charge in [0.1, 0.15) is 10.7 Å². The van der Waals surface area contributed by atoms with Gasteiger partial charge in [-0.15, -0.1) is 0 Å². The molecule has 0 spiro atoms. The van der Waals surface area contributed by atoms with Crippen LogP contribution in [0.25, 0.3) is 0 Å². The number of anilines is 1. The van der Waals surface area contributed by atoms with Crippen LogP contribution in [-0.2, 0) is 6.54 Å². The first kappa shape index (κ1) is 13.9. The molecule has 0 aliphatic heterocycles. The summed E-state index contributed by atoms with van der Waals surface area (Å²) in [6.07, 6.45) is 1.66. The Morgan fingerprint density at radius 2 is 2.21 bits per heavy atom. The molecule has 2 N–H and O–H groups in total. The zero-order chi connectivity index (χ0) is 13.8. The first-order chi connectivity index (χ1) is 9.11. The second-order valence-electron chi connectivity index (χ2n) is 4.12. The number of halogens is 1. The summed E-state index contributed by atoms with van der Waals surface area (Å²) in [5.74, 6) is 0.885. The summed E-state index contributed by atoms with van der Waals surface area (Å²) in [7, 11) is 0. The SMILES string of the molecule is CCN(Cc1ccco1)c1cc(Cl)ccc1C(N)=S. The normalized spacial score (nSPS) is 10.4. The second kappa shape index (κ2) is 6.08. The molecule has 0 amide bonds. The maximum Gasteiger partial charge on any atom is 0.123 e. The summed E-state index contributed by atoms with van der Waals surface area (Å²) in [5.41, 5.74) is 7.52. The Morgan fingerprint density at radius 3 is 2.79 bits per heavy atom. The highest BCUT2D eigenvalue weighted by molar-refractivity contribution is 7.80. The van der Waals surface area contributed by atoms with Gasteiger partial charge >= 0.3 is 0 Å². The molecule has 0 saturated heterocycles. The molecule has 0 atom stereocenters. The molecule has 0 radical (unpaired) electrons. The molecular formula is C14H15ClN2OS. The van der Waals surface area contributed by atoms with Crippen LogP contribution in [0.2, 0.25) is 5.02 Å². The number of benzene rings is 1. The van der Waals surface area contributed by atoms with E-state index in [4.69, 9.17) is 34.0 Å². The topological polar surface area (TPSA) is 42.4 Å². The smallest absolute Gasteiger partial charge is 0.123 e. The molecule has 100 valence electrons. The van der Waals surface area contributed by atoms with Crippen molar-refractivity contribution in [3.8, 4) is 0 Å². The molecular weight excluding hydrogens is 280 g/mol. The molecule has 1 aromatic heterocycles. The number of nitrogens with zero attached hydrogens (tertiary/aromatic N) is 1. The second-order valence-corrected chi connectivity index (χ2v) is 5.00. The van der Waals surface area contributed by atoms with Crippen molar-refractivity contribution < 1.29 is 4.42 Å². The van der Waals surface area contributed by atoms with Gasteiger partial charge in [0.2, 0.25) is 0 Å². The van der Waals surface area contributed by atoms with E-state index in [-0.39, 0.29) is 0 Å². The lowest BCUT2D eigenvalue weighted by molar-refractivity contribution is 0.503. The van der Waals surface area contributed by atoms with Crippen LogP contribution in [0.1, 0.15) is 18.2 Å². The summed E-state index contributed by atoms with van der Waals surface area (Å²) in [5, 5.41) is 0.660. The molecule has 0 aliphatic rings. The van der Waals surface area contributed by atoms with Crippen molar-refractivity contribution in [2.24, 2.45) is 5.73 Å². The third kappa shape index (κ3) is 3.28. The molecule has 19 heavy (non-hydrogen) atoms. The van der Waals surface area contributed by atoms with Crippen LogP contribution in [0, 0.1) is 0 Å². The highest BCUT2D eigenvalue weighted by Crippen LogP contribution is 2.26. The van der Waals surface area contributed by atoms with Gasteiger partial charge in [0.05, 0.1) is 12.8 Å². The maximum atomic E-state index is 6.07. The Hall–Kier alpha value is -1.52. The minimum absolute atomic E-state index is 0.365. The molecule has 0 fully saturated rings. The largest absolute Gasteiger partial charge is 0.467 e. The van der Waals surface area contributed by atoms with E-state index >= 15 is 0 Å². The molecule has 2 aromatic rings. The van der Waals surface area contributed by atoms with Crippen LogP contribution < -0.4 is 10.6 Å². The molecule has 1 heterocycles. The lowest BCUT2D eigenvalue weighted by atomic mass is 10.1. The summed E-state index contributed by atoms with van der Waals surface area (Å²) in [4.78, 5) is 2.49. The first-order valence-electron chi connectivity index (χ1n) is 5.98. The van der Waals surface area contributed by atoms with Gasteiger partial charge in [-0.2, -0.15) is 0 Å². The molecule has 1 aromatic carbocycles. The number of hydrogen-bond acceptors (Lipinski definition) is 3. The average molecular weight is 295 g/mol. The van der Waals surface area contributed by atoms with Crippen molar-refractivity contribution in [1.29, 1.82) is 0 Å². The minimum Gasteiger partial charge on any atom is -0.467 e. The van der Waals surface area contributed by atoms with E-state index in [1.807, 2.05) is 24.3 Å². The minimum atomic E-state index is 0.365. The van der Waals surface area contributed by atoms with E-state index in [0.717, 1.165) is 23.6 Å². The Bertz CT molecular complexity index is 569. The Kier molecular flexibility index (Phi) is 4.45. The van der Waals surface area contributed by atoms with E-state index in [1.54, 1.807) is 12.3 Å². The molecule has 3 nitrogen and oxygen atoms in total. The van der Waals surface area contributed by atoms with Crippen molar-refractivity contribution in [2.45, 2.75) is 13.5 Å². The van der Waals surface area contributed by atoms with Crippen molar-refractivity contribution in [2.75, 3.05) is 11.4 Å². The van der Waals surface area contributed by atoms with Crippen LogP contribution in [0.3, 0.4) is 0 Å². The Balaban J connectivity index is 2.36. The third-order valence-corrected chi connectivity index (χ3v) is 3.33. The van der Waals surface area contributed by atoms with Crippen LogP contribution >= 0.6 is 23.8 Å². The summed E-state index contributed by atoms with van der Waals surface area (Å²) in [6, 6.07) is 9.33. The predicted octanol–water partition coefficient (Wildman–Crippen LogP) is 3.59. The standard InChI is InChI=1S/C14H15ClN2OS/c1-2-17(9-11-4-3-7-18-11)13-8-10(15)5-6-12(13)14(16)19/h3-8H,2,9H2,1H3,(H2,16,19). The number of thiocarbonyl (C=S) groups is 1. The molecule has 2 rings (SSSR count). The highest BCUT2D eigenvalue weighted by atomic mass is 35.5. The molecule has 0 saturated carbocycles. The van der Waals surface area contributed by atoms with Gasteiger partial charge in [-0.05, 0) is 37.3 Å². The van der Waals surface area contributed by atoms with E-state index in [1.165, 1.54) is 0 Å². The van der Waals surface area contributed by atoms with Crippen LogP contribution in [0.5, 0.6) is 0 Å². The van der Waals surface area contributed by atoms with E-state index < -0.39 is 0 Å². The maximum absolute atomic E-state index is 6.07. The van der Waals surface area contributed by atoms with Crippen molar-refractivity contribution in [3.05, 3.63) is 52.9 Å². The monoisotopic (exact) mass is 294 g/mol. The van der Waals surface area contributed by atoms with Crippen molar-refractivity contribution in [1.82, 2.24) is 0 Å².